The van der Waals surface area contributed by atoms with Crippen LogP contribution in [0.25, 0.3) is 0 Å². The fourth-order valence-corrected chi connectivity index (χ4v) is 5.94. The number of hydrogen-bond acceptors (Lipinski definition) is 4. The molecule has 0 radical (unpaired) electrons. The Morgan fingerprint density at radius 2 is 1.61 bits per heavy atom. The van der Waals surface area contributed by atoms with Crippen LogP contribution >= 0.6 is 11.6 Å². The van der Waals surface area contributed by atoms with Crippen molar-refractivity contribution in [3.63, 3.8) is 0 Å². The van der Waals surface area contributed by atoms with Gasteiger partial charge in [-0.1, -0.05) is 41.9 Å². The summed E-state index contributed by atoms with van der Waals surface area (Å²) in [5.41, 5.74) is 0.385. The normalized spacial score (nSPS) is 14.3. The zero-order chi connectivity index (χ0) is 27.3. The maximum Gasteiger partial charge on any atom is 0.417 e. The number of alkyl halides is 3. The highest BCUT2D eigenvalue weighted by Crippen LogP contribution is 2.38. The van der Waals surface area contributed by atoms with Gasteiger partial charge in [-0.15, -0.1) is 0 Å². The van der Waals surface area contributed by atoms with Crippen molar-refractivity contribution in [2.24, 2.45) is 0 Å². The summed E-state index contributed by atoms with van der Waals surface area (Å²) < 4.78 is 67.9. The first-order valence-corrected chi connectivity index (χ1v) is 13.9. The maximum absolute atomic E-state index is 13.5. The van der Waals surface area contributed by atoms with Crippen molar-refractivity contribution in [1.29, 1.82) is 0 Å². The third kappa shape index (κ3) is 6.60. The second-order valence-corrected chi connectivity index (χ2v) is 11.2. The Labute approximate surface area is 225 Å². The van der Waals surface area contributed by atoms with E-state index in [2.05, 4.69) is 10.2 Å². The van der Waals surface area contributed by atoms with Gasteiger partial charge in [-0.2, -0.15) is 13.2 Å². The van der Waals surface area contributed by atoms with E-state index >= 15 is 0 Å². The van der Waals surface area contributed by atoms with E-state index in [-0.39, 0.29) is 17.1 Å². The van der Waals surface area contributed by atoms with Gasteiger partial charge < -0.3 is 10.2 Å². The molecule has 1 N–H and O–H groups in total. The molecule has 1 heterocycles. The minimum atomic E-state index is -4.81. The van der Waals surface area contributed by atoms with Crippen molar-refractivity contribution in [1.82, 2.24) is 5.32 Å². The number of anilines is 2. The number of carbonyl (C=O) groups excluding carboxylic acids is 1. The lowest BCUT2D eigenvalue weighted by Gasteiger charge is -2.28. The van der Waals surface area contributed by atoms with Gasteiger partial charge in [-0.3, -0.25) is 9.10 Å². The van der Waals surface area contributed by atoms with Gasteiger partial charge in [0.05, 0.1) is 21.2 Å². The summed E-state index contributed by atoms with van der Waals surface area (Å²) >= 11 is 5.73. The number of piperidine rings is 1. The van der Waals surface area contributed by atoms with Gasteiger partial charge in [-0.25, -0.2) is 8.42 Å². The summed E-state index contributed by atoms with van der Waals surface area (Å²) in [7, 11) is -4.37. The molecule has 0 spiro atoms. The van der Waals surface area contributed by atoms with Crippen LogP contribution in [0.1, 0.15) is 30.4 Å². The SMILES string of the molecule is O=C(CN(c1ccc(Cl)c(C(F)(F)F)c1)S(=O)(=O)c1ccccc1)NCc1ccc(N2CCCCC2)cc1. The van der Waals surface area contributed by atoms with Crippen LogP contribution in [0.2, 0.25) is 5.02 Å². The van der Waals surface area contributed by atoms with Gasteiger partial charge in [0, 0.05) is 25.3 Å². The molecule has 1 aliphatic rings. The van der Waals surface area contributed by atoms with Gasteiger partial charge in [0.1, 0.15) is 6.54 Å². The molecule has 1 fully saturated rings. The van der Waals surface area contributed by atoms with E-state index in [0.29, 0.717) is 10.4 Å². The summed E-state index contributed by atoms with van der Waals surface area (Å²) in [6.07, 6.45) is -1.28. The minimum absolute atomic E-state index is 0.132. The summed E-state index contributed by atoms with van der Waals surface area (Å²) in [4.78, 5) is 15.0. The minimum Gasteiger partial charge on any atom is -0.372 e. The Balaban J connectivity index is 1.53. The fourth-order valence-electron chi connectivity index (χ4n) is 4.28. The van der Waals surface area contributed by atoms with Crippen LogP contribution in [0.5, 0.6) is 0 Å². The molecule has 38 heavy (non-hydrogen) atoms. The number of halogens is 4. The third-order valence-electron chi connectivity index (χ3n) is 6.31. The molecule has 0 unspecified atom stereocenters. The molecule has 6 nitrogen and oxygen atoms in total. The maximum atomic E-state index is 13.5. The predicted octanol–water partition coefficient (Wildman–Crippen LogP) is 5.86. The average Bonchev–Trinajstić information content (AvgIpc) is 2.91. The quantitative estimate of drug-likeness (QED) is 0.371. The largest absolute Gasteiger partial charge is 0.417 e. The number of rotatable bonds is 8. The van der Waals surface area contributed by atoms with E-state index in [0.717, 1.165) is 49.3 Å². The van der Waals surface area contributed by atoms with Crippen LogP contribution < -0.4 is 14.5 Å². The van der Waals surface area contributed by atoms with Crippen LogP contribution in [0.3, 0.4) is 0 Å². The standard InChI is InChI=1S/C27H27ClF3N3O3S/c28-25-14-13-22(17-24(25)27(29,30)31)34(38(36,37)23-7-3-1-4-8-23)19-26(35)32-18-20-9-11-21(12-10-20)33-15-5-2-6-16-33/h1,3-4,7-14,17H,2,5-6,15-16,18-19H2,(H,32,35). The molecule has 3 aromatic carbocycles. The van der Waals surface area contributed by atoms with E-state index < -0.39 is 39.2 Å². The molecule has 1 amide bonds. The number of amides is 1. The molecule has 4 rings (SSSR count). The Hall–Kier alpha value is -3.24. The smallest absolute Gasteiger partial charge is 0.372 e. The molecule has 0 bridgehead atoms. The van der Waals surface area contributed by atoms with Gasteiger partial charge in [0.2, 0.25) is 5.91 Å². The van der Waals surface area contributed by atoms with Gasteiger partial charge in [-0.05, 0) is 67.3 Å². The van der Waals surface area contributed by atoms with Crippen LogP contribution in [0, 0.1) is 0 Å². The van der Waals surface area contributed by atoms with Crippen molar-refractivity contribution < 1.29 is 26.4 Å². The number of nitrogens with zero attached hydrogens (tertiary/aromatic N) is 2. The second kappa shape index (κ2) is 11.7. The molecule has 202 valence electrons. The van der Waals surface area contributed by atoms with E-state index in [1.165, 1.54) is 30.7 Å². The molecule has 0 atom stereocenters. The van der Waals surface area contributed by atoms with E-state index in [4.69, 9.17) is 11.6 Å². The molecule has 3 aromatic rings. The lowest BCUT2D eigenvalue weighted by atomic mass is 10.1. The van der Waals surface area contributed by atoms with Crippen LogP contribution in [0.4, 0.5) is 24.5 Å². The molecule has 0 aliphatic carbocycles. The molecular formula is C27H27ClF3N3O3S. The van der Waals surface area contributed by atoms with Gasteiger partial charge >= 0.3 is 6.18 Å². The highest BCUT2D eigenvalue weighted by molar-refractivity contribution is 7.92. The molecule has 0 aromatic heterocycles. The molecule has 1 saturated heterocycles. The molecular weight excluding hydrogens is 539 g/mol. The Kier molecular flexibility index (Phi) is 8.52. The number of benzene rings is 3. The van der Waals surface area contributed by atoms with Crippen molar-refractivity contribution in [3.8, 4) is 0 Å². The Bertz CT molecular complexity index is 1360. The van der Waals surface area contributed by atoms with Crippen molar-refractivity contribution in [2.75, 3.05) is 28.8 Å². The lowest BCUT2D eigenvalue weighted by molar-refractivity contribution is -0.137. The number of carbonyl (C=O) groups is 1. The van der Waals surface area contributed by atoms with E-state index in [1.54, 1.807) is 6.07 Å². The number of nitrogens with one attached hydrogen (secondary N) is 1. The summed E-state index contributed by atoms with van der Waals surface area (Å²) in [6.45, 7) is 1.42. The first-order valence-electron chi connectivity index (χ1n) is 12.1. The highest BCUT2D eigenvalue weighted by atomic mass is 35.5. The topological polar surface area (TPSA) is 69.7 Å². The van der Waals surface area contributed by atoms with E-state index in [1.807, 2.05) is 24.3 Å². The Morgan fingerprint density at radius 3 is 2.24 bits per heavy atom. The second-order valence-electron chi connectivity index (χ2n) is 8.98. The molecule has 0 saturated carbocycles. The predicted molar refractivity (Wildman–Crippen MR) is 142 cm³/mol. The molecule has 11 heteroatoms. The van der Waals surface area contributed by atoms with Crippen molar-refractivity contribution in [3.05, 3.63) is 88.9 Å². The summed E-state index contributed by atoms with van der Waals surface area (Å²) in [5.74, 6) is -0.673. The average molecular weight is 566 g/mol. The fraction of sp³-hybridized carbons (Fsp3) is 0.296. The zero-order valence-corrected chi connectivity index (χ0v) is 22.0. The monoisotopic (exact) mass is 565 g/mol. The van der Waals surface area contributed by atoms with E-state index in [9.17, 15) is 26.4 Å². The zero-order valence-electron chi connectivity index (χ0n) is 20.4. The number of hydrogen-bond donors (Lipinski definition) is 1. The molecule has 1 aliphatic heterocycles. The van der Waals surface area contributed by atoms with Crippen LogP contribution in [-0.4, -0.2) is 34.0 Å². The number of sulfonamides is 1. The van der Waals surface area contributed by atoms with Crippen molar-refractivity contribution >= 4 is 38.9 Å². The van der Waals surface area contributed by atoms with Crippen LogP contribution in [-0.2, 0) is 27.5 Å². The first-order chi connectivity index (χ1) is 18.1. The van der Waals surface area contributed by atoms with Gasteiger partial charge in [0.25, 0.3) is 10.0 Å². The summed E-state index contributed by atoms with van der Waals surface area (Å²) in [6, 6.07) is 17.7. The van der Waals surface area contributed by atoms with Gasteiger partial charge in [0.15, 0.2) is 0 Å². The lowest BCUT2D eigenvalue weighted by Crippen LogP contribution is -2.40. The Morgan fingerprint density at radius 1 is 0.947 bits per heavy atom. The summed E-state index contributed by atoms with van der Waals surface area (Å²) in [5, 5.41) is 2.10. The first kappa shape index (κ1) is 27.8. The van der Waals surface area contributed by atoms with Crippen molar-refractivity contribution in [2.45, 2.75) is 36.9 Å². The van der Waals surface area contributed by atoms with Crippen LogP contribution in [0.15, 0.2) is 77.7 Å². The highest BCUT2D eigenvalue weighted by Gasteiger charge is 2.35. The third-order valence-corrected chi connectivity index (χ3v) is 8.43.